The van der Waals surface area contributed by atoms with Crippen molar-refractivity contribution in [2.75, 3.05) is 27.4 Å². The highest BCUT2D eigenvalue weighted by atomic mass is 19.3. The van der Waals surface area contributed by atoms with Gasteiger partial charge in [-0.3, -0.25) is 0 Å². The summed E-state index contributed by atoms with van der Waals surface area (Å²) in [6, 6.07) is 0. The fraction of sp³-hybridized carbons (Fsp3) is 0.889. The van der Waals surface area contributed by atoms with E-state index in [1.165, 1.54) is 0 Å². The summed E-state index contributed by atoms with van der Waals surface area (Å²) in [6.45, 7) is -4.11. The molecular formula is C9H10F8O6. The molecule has 0 unspecified atom stereocenters. The second-order valence-electron chi connectivity index (χ2n) is 3.69. The van der Waals surface area contributed by atoms with Gasteiger partial charge in [0, 0.05) is 7.11 Å². The summed E-state index contributed by atoms with van der Waals surface area (Å²) in [6.07, 6.45) is -24.2. The molecule has 0 aliphatic heterocycles. The first-order valence-corrected chi connectivity index (χ1v) is 5.29. The fourth-order valence-electron chi connectivity index (χ4n) is 0.923. The zero-order valence-corrected chi connectivity index (χ0v) is 11.4. The number of halogens is 8. The van der Waals surface area contributed by atoms with E-state index in [0.717, 1.165) is 0 Å². The van der Waals surface area contributed by atoms with Gasteiger partial charge in [-0.25, -0.2) is 14.3 Å². The number of hydrogen-bond donors (Lipinski definition) is 0. The summed E-state index contributed by atoms with van der Waals surface area (Å²) >= 11 is 0. The highest BCUT2D eigenvalue weighted by Gasteiger charge is 2.67. The van der Waals surface area contributed by atoms with Crippen molar-refractivity contribution < 1.29 is 63.6 Å². The minimum Gasteiger partial charge on any atom is -0.438 e. The summed E-state index contributed by atoms with van der Waals surface area (Å²) in [4.78, 5) is 10.4. The molecule has 0 aromatic rings. The maximum Gasteiger partial charge on any atom is 0.508 e. The van der Waals surface area contributed by atoms with Crippen molar-refractivity contribution in [2.24, 2.45) is 0 Å². The molecule has 0 heterocycles. The molecule has 0 atom stereocenters. The third-order valence-corrected chi connectivity index (χ3v) is 1.73. The third-order valence-electron chi connectivity index (χ3n) is 1.73. The first kappa shape index (κ1) is 21.6. The van der Waals surface area contributed by atoms with E-state index in [4.69, 9.17) is 0 Å². The summed E-state index contributed by atoms with van der Waals surface area (Å²) < 4.78 is 119. The van der Waals surface area contributed by atoms with E-state index in [1.807, 2.05) is 0 Å². The highest BCUT2D eigenvalue weighted by molar-refractivity contribution is 5.59. The second kappa shape index (κ2) is 7.44. The SMILES string of the molecule is COCC(F)(F)OC(F)(F)C(F)(F)OC(F)(F)COC(=O)OC. The van der Waals surface area contributed by atoms with Crippen LogP contribution in [0.15, 0.2) is 0 Å². The maximum atomic E-state index is 13.0. The number of alkyl halides is 8. The molecular weight excluding hydrogens is 356 g/mol. The monoisotopic (exact) mass is 366 g/mol. The number of carbonyl (C=O) groups excluding carboxylic acids is 1. The minimum absolute atomic E-state index is 0.613. The lowest BCUT2D eigenvalue weighted by Crippen LogP contribution is -2.53. The zero-order valence-electron chi connectivity index (χ0n) is 11.4. The van der Waals surface area contributed by atoms with Crippen LogP contribution in [0.25, 0.3) is 0 Å². The molecule has 0 aromatic heterocycles. The van der Waals surface area contributed by atoms with Gasteiger partial charge in [0.15, 0.2) is 6.61 Å². The predicted molar refractivity (Wildman–Crippen MR) is 52.2 cm³/mol. The number of methoxy groups -OCH3 is 2. The molecule has 23 heavy (non-hydrogen) atoms. The van der Waals surface area contributed by atoms with Gasteiger partial charge >= 0.3 is 30.6 Å². The van der Waals surface area contributed by atoms with Gasteiger partial charge in [-0.05, 0) is 0 Å². The van der Waals surface area contributed by atoms with E-state index >= 15 is 0 Å². The molecule has 0 spiro atoms. The Bertz CT molecular complexity index is 402. The Hall–Kier alpha value is -1.41. The lowest BCUT2D eigenvalue weighted by molar-refractivity contribution is -0.515. The van der Waals surface area contributed by atoms with E-state index in [-0.39, 0.29) is 0 Å². The Morgan fingerprint density at radius 3 is 1.52 bits per heavy atom. The van der Waals surface area contributed by atoms with Crippen LogP contribution in [0, 0.1) is 0 Å². The van der Waals surface area contributed by atoms with Crippen LogP contribution in [-0.2, 0) is 23.7 Å². The summed E-state index contributed by atoms with van der Waals surface area (Å²) in [5.74, 6) is 0. The second-order valence-corrected chi connectivity index (χ2v) is 3.69. The highest BCUT2D eigenvalue weighted by Crippen LogP contribution is 2.43. The van der Waals surface area contributed by atoms with Crippen molar-refractivity contribution in [1.29, 1.82) is 0 Å². The smallest absolute Gasteiger partial charge is 0.438 e. The van der Waals surface area contributed by atoms with Crippen LogP contribution in [0.4, 0.5) is 39.9 Å². The molecule has 0 aliphatic carbocycles. The molecule has 0 bridgehead atoms. The first-order valence-electron chi connectivity index (χ1n) is 5.29. The molecule has 138 valence electrons. The molecule has 0 radical (unpaired) electrons. The van der Waals surface area contributed by atoms with Gasteiger partial charge in [-0.2, -0.15) is 35.1 Å². The molecule has 0 aliphatic rings. The molecule has 14 heteroatoms. The molecule has 0 aromatic carbocycles. The van der Waals surface area contributed by atoms with E-state index in [0.29, 0.717) is 14.2 Å². The van der Waals surface area contributed by atoms with E-state index in [9.17, 15) is 39.9 Å². The van der Waals surface area contributed by atoms with Crippen LogP contribution in [0.3, 0.4) is 0 Å². The number of rotatable bonds is 9. The predicted octanol–water partition coefficient (Wildman–Crippen LogP) is 2.82. The van der Waals surface area contributed by atoms with Gasteiger partial charge < -0.3 is 14.2 Å². The maximum absolute atomic E-state index is 13.0. The molecule has 0 amide bonds. The number of ether oxygens (including phenoxy) is 5. The Balaban J connectivity index is 4.97. The minimum atomic E-state index is -6.20. The summed E-state index contributed by atoms with van der Waals surface area (Å²) in [7, 11) is 1.29. The van der Waals surface area contributed by atoms with E-state index in [1.54, 1.807) is 0 Å². The van der Waals surface area contributed by atoms with Crippen LogP contribution >= 0.6 is 0 Å². The van der Waals surface area contributed by atoms with Gasteiger partial charge in [0.25, 0.3) is 0 Å². The van der Waals surface area contributed by atoms with E-state index in [2.05, 4.69) is 23.7 Å². The van der Waals surface area contributed by atoms with Crippen molar-refractivity contribution >= 4 is 6.16 Å². The molecule has 0 N–H and O–H groups in total. The van der Waals surface area contributed by atoms with Gasteiger partial charge in [0.05, 0.1) is 7.11 Å². The average Bonchev–Trinajstić information content (AvgIpc) is 2.33. The van der Waals surface area contributed by atoms with Crippen molar-refractivity contribution in [3.8, 4) is 0 Å². The van der Waals surface area contributed by atoms with Gasteiger partial charge in [-0.15, -0.1) is 0 Å². The van der Waals surface area contributed by atoms with Crippen molar-refractivity contribution in [2.45, 2.75) is 24.4 Å². The Morgan fingerprint density at radius 2 is 1.17 bits per heavy atom. The zero-order chi connectivity index (χ0) is 18.5. The standard InChI is InChI=1S/C9H10F8O6/c1-19-3-6(10,11)22-8(14,15)9(16,17)23-7(12,13)4-21-5(18)20-2/h3-4H2,1-2H3. The molecule has 0 saturated carbocycles. The van der Waals surface area contributed by atoms with E-state index < -0.39 is 43.8 Å². The fourth-order valence-corrected chi connectivity index (χ4v) is 0.923. The third kappa shape index (κ3) is 7.13. The molecule has 0 rings (SSSR count). The Morgan fingerprint density at radius 1 is 0.783 bits per heavy atom. The average molecular weight is 366 g/mol. The van der Waals surface area contributed by atoms with Crippen LogP contribution in [-0.4, -0.2) is 58.0 Å². The Labute approximate surface area is 123 Å². The van der Waals surface area contributed by atoms with Crippen LogP contribution in [0.5, 0.6) is 0 Å². The topological polar surface area (TPSA) is 63.2 Å². The molecule has 0 saturated heterocycles. The van der Waals surface area contributed by atoms with Crippen LogP contribution in [0.1, 0.15) is 0 Å². The molecule has 6 nitrogen and oxygen atoms in total. The summed E-state index contributed by atoms with van der Waals surface area (Å²) in [5.41, 5.74) is 0. The van der Waals surface area contributed by atoms with Crippen molar-refractivity contribution in [3.05, 3.63) is 0 Å². The van der Waals surface area contributed by atoms with Gasteiger partial charge in [0.1, 0.15) is 6.61 Å². The van der Waals surface area contributed by atoms with Crippen LogP contribution < -0.4 is 0 Å². The summed E-state index contributed by atoms with van der Waals surface area (Å²) in [5, 5.41) is 0. The van der Waals surface area contributed by atoms with Crippen molar-refractivity contribution in [1.82, 2.24) is 0 Å². The Kier molecular flexibility index (Phi) is 6.98. The normalized spacial score (nSPS) is 13.8. The lowest BCUT2D eigenvalue weighted by Gasteiger charge is -2.30. The van der Waals surface area contributed by atoms with Crippen LogP contribution in [0.2, 0.25) is 0 Å². The largest absolute Gasteiger partial charge is 0.508 e. The quantitative estimate of drug-likeness (QED) is 0.462. The first-order chi connectivity index (χ1) is 10.2. The molecule has 0 fully saturated rings. The van der Waals surface area contributed by atoms with Crippen molar-refractivity contribution in [3.63, 3.8) is 0 Å². The lowest BCUT2D eigenvalue weighted by atomic mass is 10.5. The number of hydrogen-bond acceptors (Lipinski definition) is 6. The number of carbonyl (C=O) groups is 1. The van der Waals surface area contributed by atoms with Gasteiger partial charge in [-0.1, -0.05) is 0 Å². The van der Waals surface area contributed by atoms with Gasteiger partial charge in [0.2, 0.25) is 0 Å².